The van der Waals surface area contributed by atoms with Gasteiger partial charge in [-0.25, -0.2) is 14.6 Å². The van der Waals surface area contributed by atoms with Gasteiger partial charge < -0.3 is 5.11 Å². The predicted molar refractivity (Wildman–Crippen MR) is 95.9 cm³/mol. The number of aromatic nitrogens is 4. The standard InChI is InChI=1S/C18H14N6O2/c25-14-8-6-12(7-9-14)18(26)23-22-16-15-10-21-24(17(15)20-11-19-16)13-4-2-1-3-5-13/h1-11,25H,(H,23,26)(H,19,20,22). The van der Waals surface area contributed by atoms with Crippen LogP contribution < -0.4 is 10.9 Å². The molecule has 1 amide bonds. The average Bonchev–Trinajstić information content (AvgIpc) is 3.12. The molecule has 0 aliphatic heterocycles. The Morgan fingerprint density at radius 3 is 2.54 bits per heavy atom. The first kappa shape index (κ1) is 15.6. The first-order chi connectivity index (χ1) is 12.7. The van der Waals surface area contributed by atoms with Crippen LogP contribution in [-0.2, 0) is 0 Å². The summed E-state index contributed by atoms with van der Waals surface area (Å²) >= 11 is 0. The molecule has 8 nitrogen and oxygen atoms in total. The summed E-state index contributed by atoms with van der Waals surface area (Å²) in [6, 6.07) is 15.6. The SMILES string of the molecule is O=C(NNc1ncnc2c1cnn2-c1ccccc1)c1ccc(O)cc1. The van der Waals surface area contributed by atoms with Crippen LogP contribution in [0, 0.1) is 0 Å². The van der Waals surface area contributed by atoms with Crippen LogP contribution in [0.25, 0.3) is 16.7 Å². The fraction of sp³-hybridized carbons (Fsp3) is 0. The number of phenols is 1. The average molecular weight is 346 g/mol. The third kappa shape index (κ3) is 2.91. The molecule has 2 aromatic carbocycles. The van der Waals surface area contributed by atoms with Crippen molar-refractivity contribution >= 4 is 22.8 Å². The summed E-state index contributed by atoms with van der Waals surface area (Å²) in [6.07, 6.45) is 3.04. The maximum atomic E-state index is 12.2. The van der Waals surface area contributed by atoms with Crippen molar-refractivity contribution in [2.45, 2.75) is 0 Å². The largest absolute Gasteiger partial charge is 0.508 e. The number of carbonyl (C=O) groups excluding carboxylic acids is 1. The topological polar surface area (TPSA) is 105 Å². The highest BCUT2D eigenvalue weighted by Crippen LogP contribution is 2.21. The summed E-state index contributed by atoms with van der Waals surface area (Å²) in [5, 5.41) is 14.3. The molecule has 0 spiro atoms. The first-order valence-electron chi connectivity index (χ1n) is 7.82. The Morgan fingerprint density at radius 1 is 1.00 bits per heavy atom. The Balaban J connectivity index is 1.58. The predicted octanol–water partition coefficient (Wildman–Crippen LogP) is 2.28. The van der Waals surface area contributed by atoms with Crippen molar-refractivity contribution in [3.63, 3.8) is 0 Å². The molecule has 8 heteroatoms. The van der Waals surface area contributed by atoms with E-state index in [1.165, 1.54) is 30.6 Å². The Hall–Kier alpha value is -3.94. The lowest BCUT2D eigenvalue weighted by atomic mass is 10.2. The Labute approximate surface area is 148 Å². The van der Waals surface area contributed by atoms with Gasteiger partial charge in [0.15, 0.2) is 11.5 Å². The molecule has 0 atom stereocenters. The number of anilines is 1. The number of carbonyl (C=O) groups is 1. The molecule has 0 unspecified atom stereocenters. The van der Waals surface area contributed by atoms with Crippen molar-refractivity contribution in [3.8, 4) is 11.4 Å². The summed E-state index contributed by atoms with van der Waals surface area (Å²) in [5.41, 5.74) is 7.27. The van der Waals surface area contributed by atoms with Crippen LogP contribution in [0.1, 0.15) is 10.4 Å². The fourth-order valence-corrected chi connectivity index (χ4v) is 2.50. The van der Waals surface area contributed by atoms with E-state index in [2.05, 4.69) is 25.9 Å². The smallest absolute Gasteiger partial charge is 0.269 e. The molecule has 3 N–H and O–H groups in total. The van der Waals surface area contributed by atoms with Gasteiger partial charge in [0, 0.05) is 5.56 Å². The van der Waals surface area contributed by atoms with Gasteiger partial charge in [-0.2, -0.15) is 5.10 Å². The van der Waals surface area contributed by atoms with Crippen LogP contribution in [0.2, 0.25) is 0 Å². The number of nitrogens with zero attached hydrogens (tertiary/aromatic N) is 4. The molecule has 2 heterocycles. The molecule has 0 saturated heterocycles. The molecule has 128 valence electrons. The van der Waals surface area contributed by atoms with Crippen molar-refractivity contribution in [1.82, 2.24) is 25.2 Å². The second-order valence-corrected chi connectivity index (χ2v) is 5.48. The molecule has 0 saturated carbocycles. The van der Waals surface area contributed by atoms with E-state index >= 15 is 0 Å². The molecule has 0 radical (unpaired) electrons. The lowest BCUT2D eigenvalue weighted by Gasteiger charge is -2.08. The fourth-order valence-electron chi connectivity index (χ4n) is 2.50. The Bertz CT molecular complexity index is 1060. The van der Waals surface area contributed by atoms with E-state index in [1.54, 1.807) is 10.9 Å². The van der Waals surface area contributed by atoms with E-state index in [0.29, 0.717) is 22.4 Å². The van der Waals surface area contributed by atoms with Gasteiger partial charge in [0.25, 0.3) is 5.91 Å². The highest BCUT2D eigenvalue weighted by atomic mass is 16.3. The molecule has 4 aromatic rings. The maximum absolute atomic E-state index is 12.2. The molecule has 0 fully saturated rings. The van der Waals surface area contributed by atoms with E-state index in [-0.39, 0.29) is 11.7 Å². The Kier molecular flexibility index (Phi) is 3.91. The number of amides is 1. The number of hydrogen-bond acceptors (Lipinski definition) is 6. The van der Waals surface area contributed by atoms with E-state index in [4.69, 9.17) is 0 Å². The normalized spacial score (nSPS) is 10.6. The van der Waals surface area contributed by atoms with Crippen LogP contribution in [-0.4, -0.2) is 30.8 Å². The number of benzene rings is 2. The van der Waals surface area contributed by atoms with Gasteiger partial charge in [-0.15, -0.1) is 0 Å². The second-order valence-electron chi connectivity index (χ2n) is 5.48. The third-order valence-electron chi connectivity index (χ3n) is 3.79. The number of aromatic hydroxyl groups is 1. The number of fused-ring (bicyclic) bond motifs is 1. The molecule has 0 aliphatic carbocycles. The minimum absolute atomic E-state index is 0.0975. The van der Waals surface area contributed by atoms with Crippen molar-refractivity contribution in [1.29, 1.82) is 0 Å². The molecule has 0 aliphatic rings. The summed E-state index contributed by atoms with van der Waals surface area (Å²) < 4.78 is 1.70. The number of hydrogen-bond donors (Lipinski definition) is 3. The monoisotopic (exact) mass is 346 g/mol. The van der Waals surface area contributed by atoms with Crippen LogP contribution in [0.3, 0.4) is 0 Å². The maximum Gasteiger partial charge on any atom is 0.269 e. The van der Waals surface area contributed by atoms with Crippen LogP contribution >= 0.6 is 0 Å². The third-order valence-corrected chi connectivity index (χ3v) is 3.79. The van der Waals surface area contributed by atoms with E-state index in [1.807, 2.05) is 30.3 Å². The lowest BCUT2D eigenvalue weighted by Crippen LogP contribution is -2.29. The molecular formula is C18H14N6O2. The van der Waals surface area contributed by atoms with Crippen molar-refractivity contribution in [3.05, 3.63) is 72.7 Å². The number of phenolic OH excluding ortho intramolecular Hbond substituents is 1. The number of rotatable bonds is 4. The molecule has 2 aromatic heterocycles. The minimum Gasteiger partial charge on any atom is -0.508 e. The van der Waals surface area contributed by atoms with Gasteiger partial charge in [-0.3, -0.25) is 15.6 Å². The number of para-hydroxylation sites is 1. The first-order valence-corrected chi connectivity index (χ1v) is 7.82. The Morgan fingerprint density at radius 2 is 1.77 bits per heavy atom. The van der Waals surface area contributed by atoms with Crippen LogP contribution in [0.15, 0.2) is 67.1 Å². The summed E-state index contributed by atoms with van der Waals surface area (Å²) in [4.78, 5) is 20.6. The summed E-state index contributed by atoms with van der Waals surface area (Å²) in [7, 11) is 0. The van der Waals surface area contributed by atoms with Gasteiger partial charge in [0.1, 0.15) is 12.1 Å². The van der Waals surface area contributed by atoms with Gasteiger partial charge >= 0.3 is 0 Å². The van der Waals surface area contributed by atoms with E-state index in [9.17, 15) is 9.90 Å². The lowest BCUT2D eigenvalue weighted by molar-refractivity contribution is 0.0962. The summed E-state index contributed by atoms with van der Waals surface area (Å²) in [6.45, 7) is 0. The van der Waals surface area contributed by atoms with Gasteiger partial charge in [-0.05, 0) is 36.4 Å². The van der Waals surface area contributed by atoms with Crippen molar-refractivity contribution in [2.75, 3.05) is 5.43 Å². The minimum atomic E-state index is -0.354. The highest BCUT2D eigenvalue weighted by molar-refractivity contribution is 5.96. The summed E-state index contributed by atoms with van der Waals surface area (Å²) in [5.74, 6) is 0.178. The quantitative estimate of drug-likeness (QED) is 0.490. The molecular weight excluding hydrogens is 332 g/mol. The van der Waals surface area contributed by atoms with Crippen LogP contribution in [0.4, 0.5) is 5.82 Å². The zero-order valence-corrected chi connectivity index (χ0v) is 13.5. The van der Waals surface area contributed by atoms with Gasteiger partial charge in [-0.1, -0.05) is 18.2 Å². The van der Waals surface area contributed by atoms with Crippen molar-refractivity contribution in [2.24, 2.45) is 0 Å². The van der Waals surface area contributed by atoms with Gasteiger partial charge in [0.05, 0.1) is 17.3 Å². The highest BCUT2D eigenvalue weighted by Gasteiger charge is 2.12. The zero-order chi connectivity index (χ0) is 17.9. The second kappa shape index (κ2) is 6.52. The van der Waals surface area contributed by atoms with Gasteiger partial charge in [0.2, 0.25) is 0 Å². The molecule has 26 heavy (non-hydrogen) atoms. The zero-order valence-electron chi connectivity index (χ0n) is 13.5. The molecule has 0 bridgehead atoms. The van der Waals surface area contributed by atoms with E-state index < -0.39 is 0 Å². The molecule has 4 rings (SSSR count). The number of hydrazine groups is 1. The van der Waals surface area contributed by atoms with Crippen LogP contribution in [0.5, 0.6) is 5.75 Å². The van der Waals surface area contributed by atoms with Crippen molar-refractivity contribution < 1.29 is 9.90 Å². The number of nitrogens with one attached hydrogen (secondary N) is 2. The van der Waals surface area contributed by atoms with E-state index in [0.717, 1.165) is 5.69 Å².